The van der Waals surface area contributed by atoms with E-state index in [9.17, 15) is 10.1 Å². The topological polar surface area (TPSA) is 90.8 Å². The van der Waals surface area contributed by atoms with Crippen molar-refractivity contribution < 1.29 is 9.53 Å². The van der Waals surface area contributed by atoms with E-state index in [0.29, 0.717) is 29.2 Å². The van der Waals surface area contributed by atoms with Gasteiger partial charge < -0.3 is 10.1 Å². The normalized spacial score (nSPS) is 11.0. The van der Waals surface area contributed by atoms with Crippen LogP contribution in [-0.4, -0.2) is 29.8 Å². The SMILES string of the molecule is COc1ccc(CCNC(=O)/C(C#N)=C/c2cn[nH]c2-c2ccc(Cl)cc2)cc1. The molecule has 3 aromatic rings. The Kier molecular flexibility index (Phi) is 6.67. The predicted molar refractivity (Wildman–Crippen MR) is 112 cm³/mol. The van der Waals surface area contributed by atoms with E-state index in [1.165, 1.54) is 6.08 Å². The molecule has 0 aliphatic heterocycles. The van der Waals surface area contributed by atoms with Crippen molar-refractivity contribution in [1.29, 1.82) is 5.26 Å². The molecule has 0 fully saturated rings. The van der Waals surface area contributed by atoms with E-state index >= 15 is 0 Å². The number of rotatable bonds is 7. The number of ether oxygens (including phenoxy) is 1. The Balaban J connectivity index is 1.67. The molecular formula is C22H19ClN4O2. The minimum absolute atomic E-state index is 0.0105. The molecule has 0 bridgehead atoms. The molecule has 1 aromatic heterocycles. The van der Waals surface area contributed by atoms with Crippen molar-refractivity contribution >= 4 is 23.6 Å². The van der Waals surface area contributed by atoms with E-state index in [4.69, 9.17) is 16.3 Å². The number of nitrogens with zero attached hydrogens (tertiary/aromatic N) is 2. The Morgan fingerprint density at radius 3 is 2.62 bits per heavy atom. The summed E-state index contributed by atoms with van der Waals surface area (Å²) in [6, 6.07) is 16.8. The quantitative estimate of drug-likeness (QED) is 0.458. The largest absolute Gasteiger partial charge is 0.497 e. The second kappa shape index (κ2) is 9.58. The van der Waals surface area contributed by atoms with Crippen molar-refractivity contribution in [3.05, 3.63) is 76.5 Å². The van der Waals surface area contributed by atoms with Crippen LogP contribution in [-0.2, 0) is 11.2 Å². The Labute approximate surface area is 173 Å². The van der Waals surface area contributed by atoms with Crippen molar-refractivity contribution in [2.75, 3.05) is 13.7 Å². The number of H-pyrrole nitrogens is 1. The smallest absolute Gasteiger partial charge is 0.261 e. The highest BCUT2D eigenvalue weighted by Crippen LogP contribution is 2.24. The first-order valence-corrected chi connectivity index (χ1v) is 9.30. The molecule has 0 aliphatic carbocycles. The van der Waals surface area contributed by atoms with Crippen LogP contribution in [0.15, 0.2) is 60.3 Å². The first-order valence-electron chi connectivity index (χ1n) is 8.93. The van der Waals surface area contributed by atoms with Crippen LogP contribution in [0.25, 0.3) is 17.3 Å². The second-order valence-corrected chi connectivity index (χ2v) is 6.67. The van der Waals surface area contributed by atoms with Gasteiger partial charge in [0.25, 0.3) is 5.91 Å². The molecule has 146 valence electrons. The van der Waals surface area contributed by atoms with Crippen LogP contribution >= 0.6 is 11.6 Å². The summed E-state index contributed by atoms with van der Waals surface area (Å²) in [4.78, 5) is 12.4. The molecule has 1 amide bonds. The fourth-order valence-corrected chi connectivity index (χ4v) is 2.89. The van der Waals surface area contributed by atoms with Crippen molar-refractivity contribution in [2.45, 2.75) is 6.42 Å². The summed E-state index contributed by atoms with van der Waals surface area (Å²) < 4.78 is 5.13. The molecular weight excluding hydrogens is 388 g/mol. The van der Waals surface area contributed by atoms with Gasteiger partial charge >= 0.3 is 0 Å². The highest BCUT2D eigenvalue weighted by molar-refractivity contribution is 6.30. The minimum Gasteiger partial charge on any atom is -0.497 e. The van der Waals surface area contributed by atoms with E-state index < -0.39 is 5.91 Å². The average Bonchev–Trinajstić information content (AvgIpc) is 3.21. The highest BCUT2D eigenvalue weighted by atomic mass is 35.5. The van der Waals surface area contributed by atoms with Gasteiger partial charge in [-0.3, -0.25) is 9.89 Å². The lowest BCUT2D eigenvalue weighted by Gasteiger charge is -2.06. The van der Waals surface area contributed by atoms with Crippen molar-refractivity contribution in [3.63, 3.8) is 0 Å². The van der Waals surface area contributed by atoms with Crippen LogP contribution in [0, 0.1) is 11.3 Å². The molecule has 0 radical (unpaired) electrons. The van der Waals surface area contributed by atoms with Crippen LogP contribution in [0.5, 0.6) is 5.75 Å². The van der Waals surface area contributed by atoms with Crippen LogP contribution in [0.1, 0.15) is 11.1 Å². The van der Waals surface area contributed by atoms with Crippen molar-refractivity contribution in [2.24, 2.45) is 0 Å². The first-order chi connectivity index (χ1) is 14.1. The molecule has 6 nitrogen and oxygen atoms in total. The van der Waals surface area contributed by atoms with Crippen LogP contribution in [0.3, 0.4) is 0 Å². The summed E-state index contributed by atoms with van der Waals surface area (Å²) in [5.74, 6) is 0.355. The number of hydrogen-bond acceptors (Lipinski definition) is 4. The molecule has 29 heavy (non-hydrogen) atoms. The molecule has 0 atom stereocenters. The Morgan fingerprint density at radius 2 is 1.97 bits per heavy atom. The molecule has 0 spiro atoms. The lowest BCUT2D eigenvalue weighted by atomic mass is 10.1. The average molecular weight is 407 g/mol. The van der Waals surface area contributed by atoms with E-state index in [1.54, 1.807) is 25.4 Å². The number of carbonyl (C=O) groups is 1. The van der Waals surface area contributed by atoms with Gasteiger partial charge in [0, 0.05) is 22.7 Å². The standard InChI is InChI=1S/C22H19ClN4O2/c1-29-20-8-2-15(3-9-20)10-11-25-22(28)17(13-24)12-18-14-26-27-21(18)16-4-6-19(23)7-5-16/h2-9,12,14H,10-11H2,1H3,(H,25,28)(H,26,27)/b17-12+. The molecule has 0 aliphatic rings. The van der Waals surface area contributed by atoms with E-state index in [1.807, 2.05) is 42.5 Å². The van der Waals surface area contributed by atoms with Crippen LogP contribution in [0.2, 0.25) is 5.02 Å². The van der Waals surface area contributed by atoms with Gasteiger partial charge in [0.2, 0.25) is 0 Å². The number of aromatic nitrogens is 2. The number of benzene rings is 2. The van der Waals surface area contributed by atoms with E-state index in [-0.39, 0.29) is 5.57 Å². The number of aromatic amines is 1. The van der Waals surface area contributed by atoms with Gasteiger partial charge in [-0.25, -0.2) is 0 Å². The Bertz CT molecular complexity index is 1050. The van der Waals surface area contributed by atoms with Gasteiger partial charge in [-0.1, -0.05) is 35.9 Å². The number of halogens is 1. The maximum absolute atomic E-state index is 12.4. The van der Waals surface area contributed by atoms with Gasteiger partial charge in [-0.15, -0.1) is 0 Å². The van der Waals surface area contributed by atoms with Crippen LogP contribution < -0.4 is 10.1 Å². The molecule has 0 unspecified atom stereocenters. The maximum Gasteiger partial charge on any atom is 0.261 e. The molecule has 2 aromatic carbocycles. The lowest BCUT2D eigenvalue weighted by Crippen LogP contribution is -2.26. The third kappa shape index (κ3) is 5.24. The number of amides is 1. The van der Waals surface area contributed by atoms with Gasteiger partial charge in [-0.05, 0) is 42.3 Å². The summed E-state index contributed by atoms with van der Waals surface area (Å²) in [6.45, 7) is 0.416. The van der Waals surface area contributed by atoms with E-state index in [0.717, 1.165) is 16.9 Å². The molecule has 0 saturated heterocycles. The third-order valence-corrected chi connectivity index (χ3v) is 4.58. The Morgan fingerprint density at radius 1 is 1.24 bits per heavy atom. The number of carbonyl (C=O) groups excluding carboxylic acids is 1. The zero-order valence-corrected chi connectivity index (χ0v) is 16.5. The molecule has 1 heterocycles. The summed E-state index contributed by atoms with van der Waals surface area (Å²) >= 11 is 5.93. The fourth-order valence-electron chi connectivity index (χ4n) is 2.76. The summed E-state index contributed by atoms with van der Waals surface area (Å²) in [5, 5.41) is 19.8. The lowest BCUT2D eigenvalue weighted by molar-refractivity contribution is -0.117. The molecule has 7 heteroatoms. The summed E-state index contributed by atoms with van der Waals surface area (Å²) in [5.41, 5.74) is 3.29. The summed E-state index contributed by atoms with van der Waals surface area (Å²) in [7, 11) is 1.61. The van der Waals surface area contributed by atoms with Gasteiger partial charge in [-0.2, -0.15) is 10.4 Å². The fraction of sp³-hybridized carbons (Fsp3) is 0.136. The van der Waals surface area contributed by atoms with Gasteiger partial charge in [0.15, 0.2) is 0 Å². The predicted octanol–water partition coefficient (Wildman–Crippen LogP) is 4.00. The maximum atomic E-state index is 12.4. The summed E-state index contributed by atoms with van der Waals surface area (Å²) in [6.07, 6.45) is 3.75. The monoisotopic (exact) mass is 406 g/mol. The van der Waals surface area contributed by atoms with Crippen LogP contribution in [0.4, 0.5) is 0 Å². The van der Waals surface area contributed by atoms with Crippen molar-refractivity contribution in [1.82, 2.24) is 15.5 Å². The number of hydrogen-bond donors (Lipinski definition) is 2. The second-order valence-electron chi connectivity index (χ2n) is 6.23. The minimum atomic E-state index is -0.427. The van der Waals surface area contributed by atoms with Gasteiger partial charge in [0.05, 0.1) is 19.0 Å². The molecule has 3 rings (SSSR count). The number of nitrogens with one attached hydrogen (secondary N) is 2. The Hall–Kier alpha value is -3.56. The zero-order valence-electron chi connectivity index (χ0n) is 15.8. The first kappa shape index (κ1) is 20.2. The molecule has 0 saturated carbocycles. The number of methoxy groups -OCH3 is 1. The van der Waals surface area contributed by atoms with Crippen molar-refractivity contribution in [3.8, 4) is 23.1 Å². The molecule has 2 N–H and O–H groups in total. The zero-order chi connectivity index (χ0) is 20.6. The number of nitriles is 1. The van der Waals surface area contributed by atoms with E-state index in [2.05, 4.69) is 15.5 Å². The highest BCUT2D eigenvalue weighted by Gasteiger charge is 2.12. The third-order valence-electron chi connectivity index (χ3n) is 4.32. The van der Waals surface area contributed by atoms with Gasteiger partial charge in [0.1, 0.15) is 17.4 Å².